The Morgan fingerprint density at radius 2 is 2.18 bits per heavy atom. The SMILES string of the molecule is O=C(O)c1cnc(C2(F)CCNCC2)c(Cl)c1. The van der Waals surface area contributed by atoms with Gasteiger partial charge in [-0.25, -0.2) is 9.18 Å². The number of halogens is 2. The Balaban J connectivity index is 2.35. The minimum Gasteiger partial charge on any atom is -0.478 e. The van der Waals surface area contributed by atoms with Crippen LogP contribution in [0.3, 0.4) is 0 Å². The lowest BCUT2D eigenvalue weighted by molar-refractivity contribution is 0.0695. The first-order chi connectivity index (χ1) is 8.03. The van der Waals surface area contributed by atoms with Crippen molar-refractivity contribution in [3.05, 3.63) is 28.5 Å². The van der Waals surface area contributed by atoms with Gasteiger partial charge in [0.2, 0.25) is 0 Å². The van der Waals surface area contributed by atoms with Crippen molar-refractivity contribution in [1.29, 1.82) is 0 Å². The van der Waals surface area contributed by atoms with Crippen LogP contribution in [0.15, 0.2) is 12.3 Å². The molecule has 92 valence electrons. The fraction of sp³-hybridized carbons (Fsp3) is 0.455. The molecule has 2 heterocycles. The van der Waals surface area contributed by atoms with Gasteiger partial charge in [-0.1, -0.05) is 11.6 Å². The molecule has 1 aliphatic heterocycles. The highest BCUT2D eigenvalue weighted by atomic mass is 35.5. The van der Waals surface area contributed by atoms with E-state index in [1.54, 1.807) is 0 Å². The molecule has 1 aromatic rings. The minimum absolute atomic E-state index is 0.0312. The number of aromatic nitrogens is 1. The maximum absolute atomic E-state index is 14.6. The van der Waals surface area contributed by atoms with E-state index in [4.69, 9.17) is 16.7 Å². The van der Waals surface area contributed by atoms with Crippen LogP contribution < -0.4 is 5.32 Å². The highest BCUT2D eigenvalue weighted by molar-refractivity contribution is 6.31. The number of nitrogens with zero attached hydrogens (tertiary/aromatic N) is 1. The summed E-state index contributed by atoms with van der Waals surface area (Å²) in [4.78, 5) is 14.6. The number of rotatable bonds is 2. The van der Waals surface area contributed by atoms with Gasteiger partial charge in [-0.15, -0.1) is 0 Å². The molecule has 0 atom stereocenters. The highest BCUT2D eigenvalue weighted by Gasteiger charge is 2.37. The Hall–Kier alpha value is -1.20. The fourth-order valence-electron chi connectivity index (χ4n) is 1.94. The molecular weight excluding hydrogens is 247 g/mol. The second-order valence-electron chi connectivity index (χ2n) is 4.07. The van der Waals surface area contributed by atoms with Gasteiger partial charge in [0, 0.05) is 6.20 Å². The van der Waals surface area contributed by atoms with Crippen LogP contribution in [-0.2, 0) is 5.67 Å². The molecule has 0 radical (unpaired) electrons. The maximum Gasteiger partial charge on any atom is 0.337 e. The summed E-state index contributed by atoms with van der Waals surface area (Å²) < 4.78 is 14.6. The lowest BCUT2D eigenvalue weighted by Gasteiger charge is -2.30. The smallest absolute Gasteiger partial charge is 0.337 e. The van der Waals surface area contributed by atoms with E-state index < -0.39 is 11.6 Å². The third-order valence-electron chi connectivity index (χ3n) is 2.91. The Morgan fingerprint density at radius 1 is 1.53 bits per heavy atom. The first-order valence-electron chi connectivity index (χ1n) is 5.32. The minimum atomic E-state index is -1.56. The van der Waals surface area contributed by atoms with Crippen molar-refractivity contribution in [2.75, 3.05) is 13.1 Å². The zero-order valence-electron chi connectivity index (χ0n) is 9.04. The number of aromatic carboxylic acids is 1. The van der Waals surface area contributed by atoms with E-state index in [1.165, 1.54) is 6.07 Å². The molecule has 1 fully saturated rings. The van der Waals surface area contributed by atoms with Gasteiger partial charge in [-0.3, -0.25) is 4.98 Å². The number of alkyl halides is 1. The van der Waals surface area contributed by atoms with Gasteiger partial charge in [0.05, 0.1) is 16.3 Å². The number of hydrogen-bond donors (Lipinski definition) is 2. The molecule has 0 aromatic carbocycles. The summed E-state index contributed by atoms with van der Waals surface area (Å²) >= 11 is 5.91. The Kier molecular flexibility index (Phi) is 3.31. The summed E-state index contributed by atoms with van der Waals surface area (Å²) in [5, 5.41) is 11.9. The fourth-order valence-corrected chi connectivity index (χ4v) is 2.28. The standard InChI is InChI=1S/C11H12ClFN2O2/c12-8-5-7(10(16)17)6-15-9(8)11(13)1-3-14-4-2-11/h5-6,14H,1-4H2,(H,16,17). The number of hydrogen-bond acceptors (Lipinski definition) is 3. The maximum atomic E-state index is 14.6. The van der Waals surface area contributed by atoms with Crippen LogP contribution in [0.1, 0.15) is 28.9 Å². The zero-order valence-corrected chi connectivity index (χ0v) is 9.80. The van der Waals surface area contributed by atoms with Crippen molar-refractivity contribution >= 4 is 17.6 Å². The molecule has 1 saturated heterocycles. The number of nitrogens with one attached hydrogen (secondary N) is 1. The highest BCUT2D eigenvalue weighted by Crippen LogP contribution is 2.37. The van der Waals surface area contributed by atoms with Crippen LogP contribution in [0.5, 0.6) is 0 Å². The quantitative estimate of drug-likeness (QED) is 0.852. The number of carboxylic acids is 1. The molecule has 0 saturated carbocycles. The van der Waals surface area contributed by atoms with Gasteiger partial charge in [0.25, 0.3) is 0 Å². The zero-order chi connectivity index (χ0) is 12.5. The Morgan fingerprint density at radius 3 is 2.71 bits per heavy atom. The molecule has 0 unspecified atom stereocenters. The molecule has 0 amide bonds. The predicted molar refractivity (Wildman–Crippen MR) is 61.1 cm³/mol. The molecule has 1 aliphatic rings. The molecule has 17 heavy (non-hydrogen) atoms. The third-order valence-corrected chi connectivity index (χ3v) is 3.20. The summed E-state index contributed by atoms with van der Waals surface area (Å²) in [6.45, 7) is 1.13. The van der Waals surface area contributed by atoms with Gasteiger partial charge in [-0.2, -0.15) is 0 Å². The molecule has 4 nitrogen and oxygen atoms in total. The largest absolute Gasteiger partial charge is 0.478 e. The van der Waals surface area contributed by atoms with E-state index in [9.17, 15) is 9.18 Å². The number of carboxylic acid groups (broad SMARTS) is 1. The lowest BCUT2D eigenvalue weighted by atomic mass is 9.90. The van der Waals surface area contributed by atoms with Crippen molar-refractivity contribution in [2.24, 2.45) is 0 Å². The topological polar surface area (TPSA) is 62.2 Å². The number of pyridine rings is 1. The van der Waals surface area contributed by atoms with Crippen molar-refractivity contribution in [2.45, 2.75) is 18.5 Å². The van der Waals surface area contributed by atoms with Gasteiger partial charge in [0.1, 0.15) is 0 Å². The van der Waals surface area contributed by atoms with E-state index in [2.05, 4.69) is 10.3 Å². The first kappa shape index (κ1) is 12.3. The van der Waals surface area contributed by atoms with Crippen molar-refractivity contribution in [3.8, 4) is 0 Å². The average Bonchev–Trinajstić information content (AvgIpc) is 2.29. The average molecular weight is 259 g/mol. The third kappa shape index (κ3) is 2.40. The van der Waals surface area contributed by atoms with E-state index >= 15 is 0 Å². The molecule has 2 N–H and O–H groups in total. The van der Waals surface area contributed by atoms with Crippen LogP contribution in [0.25, 0.3) is 0 Å². The summed E-state index contributed by atoms with van der Waals surface area (Å²) in [5.41, 5.74) is -1.44. The normalized spacial score (nSPS) is 18.9. The molecule has 2 rings (SSSR count). The molecule has 1 aromatic heterocycles. The molecule has 0 bridgehead atoms. The summed E-state index contributed by atoms with van der Waals surface area (Å²) in [6.07, 6.45) is 1.74. The lowest BCUT2D eigenvalue weighted by Crippen LogP contribution is -2.37. The number of piperidine rings is 1. The van der Waals surface area contributed by atoms with E-state index in [0.717, 1.165) is 6.20 Å². The van der Waals surface area contributed by atoms with Gasteiger partial charge in [0.15, 0.2) is 5.67 Å². The summed E-state index contributed by atoms with van der Waals surface area (Å²) in [7, 11) is 0. The summed E-state index contributed by atoms with van der Waals surface area (Å²) in [6, 6.07) is 1.25. The van der Waals surface area contributed by atoms with Crippen LogP contribution in [0.4, 0.5) is 4.39 Å². The molecular formula is C11H12ClFN2O2. The second-order valence-corrected chi connectivity index (χ2v) is 4.48. The van der Waals surface area contributed by atoms with Crippen molar-refractivity contribution < 1.29 is 14.3 Å². The van der Waals surface area contributed by atoms with Crippen LogP contribution in [0, 0.1) is 0 Å². The number of carbonyl (C=O) groups is 1. The Labute approximate surface area is 103 Å². The first-order valence-corrected chi connectivity index (χ1v) is 5.70. The van der Waals surface area contributed by atoms with E-state index in [1.807, 2.05) is 0 Å². The van der Waals surface area contributed by atoms with Crippen LogP contribution in [0.2, 0.25) is 5.02 Å². The Bertz CT molecular complexity index is 447. The van der Waals surface area contributed by atoms with Crippen molar-refractivity contribution in [3.63, 3.8) is 0 Å². The second kappa shape index (κ2) is 4.58. The predicted octanol–water partition coefficient (Wildman–Crippen LogP) is 1.98. The van der Waals surface area contributed by atoms with E-state index in [-0.39, 0.29) is 16.3 Å². The monoisotopic (exact) mass is 258 g/mol. The van der Waals surface area contributed by atoms with Crippen molar-refractivity contribution in [1.82, 2.24) is 10.3 Å². The van der Waals surface area contributed by atoms with Gasteiger partial charge in [-0.05, 0) is 32.0 Å². The van der Waals surface area contributed by atoms with Gasteiger partial charge < -0.3 is 10.4 Å². The van der Waals surface area contributed by atoms with Crippen LogP contribution >= 0.6 is 11.6 Å². The van der Waals surface area contributed by atoms with Crippen LogP contribution in [-0.4, -0.2) is 29.1 Å². The summed E-state index contributed by atoms with van der Waals surface area (Å²) in [5.74, 6) is -1.12. The molecule has 6 heteroatoms. The molecule has 0 spiro atoms. The van der Waals surface area contributed by atoms with E-state index in [0.29, 0.717) is 25.9 Å². The molecule has 0 aliphatic carbocycles. The van der Waals surface area contributed by atoms with Gasteiger partial charge >= 0.3 is 5.97 Å².